The van der Waals surface area contributed by atoms with Crippen LogP contribution in [0.5, 0.6) is 5.75 Å². The van der Waals surface area contributed by atoms with E-state index in [-0.39, 0.29) is 30.6 Å². The molecule has 0 aliphatic carbocycles. The summed E-state index contributed by atoms with van der Waals surface area (Å²) < 4.78 is 19.4. The van der Waals surface area contributed by atoms with Gasteiger partial charge < -0.3 is 15.2 Å². The van der Waals surface area contributed by atoms with Crippen LogP contribution in [0, 0.1) is 5.82 Å². The molecule has 0 atom stereocenters. The number of imide groups is 1. The van der Waals surface area contributed by atoms with E-state index in [0.29, 0.717) is 5.75 Å². The fourth-order valence-electron chi connectivity index (χ4n) is 2.39. The summed E-state index contributed by atoms with van der Waals surface area (Å²) in [6, 6.07) is 3.98. The number of nitrogens with zero attached hydrogens (tertiary/aromatic N) is 1. The van der Waals surface area contributed by atoms with E-state index in [1.54, 1.807) is 0 Å². The van der Waals surface area contributed by atoms with Gasteiger partial charge >= 0.3 is 0 Å². The number of benzene rings is 1. The molecule has 7 heteroatoms. The van der Waals surface area contributed by atoms with Crippen LogP contribution < -0.4 is 10.1 Å². The van der Waals surface area contributed by atoms with Gasteiger partial charge in [-0.3, -0.25) is 14.5 Å². The predicted molar refractivity (Wildman–Crippen MR) is 86.9 cm³/mol. The molecule has 0 saturated carbocycles. The van der Waals surface area contributed by atoms with Gasteiger partial charge in [-0.15, -0.1) is 0 Å². The third-order valence-electron chi connectivity index (χ3n) is 3.75. The van der Waals surface area contributed by atoms with Crippen molar-refractivity contribution >= 4 is 17.5 Å². The number of hydrogen-bond acceptors (Lipinski definition) is 5. The fourth-order valence-corrected chi connectivity index (χ4v) is 2.39. The van der Waals surface area contributed by atoms with Crippen molar-refractivity contribution in [2.45, 2.75) is 32.8 Å². The van der Waals surface area contributed by atoms with E-state index < -0.39 is 17.6 Å². The van der Waals surface area contributed by atoms with E-state index in [9.17, 15) is 14.0 Å². The van der Waals surface area contributed by atoms with E-state index in [1.165, 1.54) is 18.2 Å². The topological polar surface area (TPSA) is 78.9 Å². The third-order valence-corrected chi connectivity index (χ3v) is 3.75. The Morgan fingerprint density at radius 2 is 2.00 bits per heavy atom. The van der Waals surface area contributed by atoms with Crippen LogP contribution in [0.15, 0.2) is 30.0 Å². The lowest BCUT2D eigenvalue weighted by Gasteiger charge is -2.19. The minimum atomic E-state index is -0.563. The van der Waals surface area contributed by atoms with Crippen molar-refractivity contribution in [2.75, 3.05) is 18.5 Å². The number of rotatable bonds is 8. The molecule has 0 fully saturated rings. The Balaban J connectivity index is 2.23. The second-order valence-electron chi connectivity index (χ2n) is 5.40. The Morgan fingerprint density at radius 3 is 2.62 bits per heavy atom. The molecule has 0 saturated heterocycles. The summed E-state index contributed by atoms with van der Waals surface area (Å²) in [6.45, 7) is 3.57. The first kappa shape index (κ1) is 17.9. The lowest BCUT2D eigenvalue weighted by atomic mass is 10.2. The van der Waals surface area contributed by atoms with Crippen molar-refractivity contribution in [3.63, 3.8) is 0 Å². The zero-order chi connectivity index (χ0) is 17.7. The average molecular weight is 336 g/mol. The van der Waals surface area contributed by atoms with E-state index >= 15 is 0 Å². The Bertz CT molecular complexity index is 656. The predicted octanol–water partition coefficient (Wildman–Crippen LogP) is 2.05. The highest BCUT2D eigenvalue weighted by Gasteiger charge is 2.31. The van der Waals surface area contributed by atoms with Crippen LogP contribution in [0.25, 0.3) is 0 Å². The first-order valence-corrected chi connectivity index (χ1v) is 7.91. The van der Waals surface area contributed by atoms with Gasteiger partial charge in [0.25, 0.3) is 11.8 Å². The number of anilines is 1. The molecule has 0 radical (unpaired) electrons. The molecule has 0 bridgehead atoms. The number of halogens is 1. The smallest absolute Gasteiger partial charge is 0.277 e. The molecular weight excluding hydrogens is 315 g/mol. The standard InChI is InChI=1S/C17H21FN2O4/c1-3-12(4-2)24-15-6-5-11(18)9-13(15)19-14-10-16(22)20(7-8-21)17(14)23/h5-6,9-10,12,19,21H,3-4,7-8H2,1-2H3. The quantitative estimate of drug-likeness (QED) is 0.711. The summed E-state index contributed by atoms with van der Waals surface area (Å²) in [4.78, 5) is 24.9. The highest BCUT2D eigenvalue weighted by molar-refractivity contribution is 6.17. The summed E-state index contributed by atoms with van der Waals surface area (Å²) in [6.07, 6.45) is 2.68. The second-order valence-corrected chi connectivity index (χ2v) is 5.40. The van der Waals surface area contributed by atoms with Crippen LogP contribution in [0.1, 0.15) is 26.7 Å². The normalized spacial score (nSPS) is 14.4. The molecule has 0 spiro atoms. The van der Waals surface area contributed by atoms with Gasteiger partial charge in [-0.1, -0.05) is 13.8 Å². The molecule has 1 aromatic rings. The zero-order valence-electron chi connectivity index (χ0n) is 13.7. The summed E-state index contributed by atoms with van der Waals surface area (Å²) >= 11 is 0. The first-order chi connectivity index (χ1) is 11.5. The van der Waals surface area contributed by atoms with Crippen molar-refractivity contribution in [3.05, 3.63) is 35.8 Å². The van der Waals surface area contributed by atoms with Gasteiger partial charge in [0.05, 0.1) is 24.9 Å². The van der Waals surface area contributed by atoms with E-state index in [2.05, 4.69) is 5.32 Å². The minimum Gasteiger partial charge on any atom is -0.488 e. The maximum absolute atomic E-state index is 13.6. The van der Waals surface area contributed by atoms with Gasteiger partial charge in [0.1, 0.15) is 17.3 Å². The number of carbonyl (C=O) groups excluding carboxylic acids is 2. The van der Waals surface area contributed by atoms with E-state index in [0.717, 1.165) is 23.8 Å². The fraction of sp³-hybridized carbons (Fsp3) is 0.412. The second kappa shape index (κ2) is 7.92. The number of aliphatic hydroxyl groups is 1. The van der Waals surface area contributed by atoms with Gasteiger partial charge in [-0.2, -0.15) is 0 Å². The van der Waals surface area contributed by atoms with Gasteiger partial charge in [0, 0.05) is 12.1 Å². The lowest BCUT2D eigenvalue weighted by Crippen LogP contribution is -2.34. The molecule has 0 unspecified atom stereocenters. The number of nitrogens with one attached hydrogen (secondary N) is 1. The van der Waals surface area contributed by atoms with Crippen molar-refractivity contribution in [1.29, 1.82) is 0 Å². The van der Waals surface area contributed by atoms with Crippen molar-refractivity contribution < 1.29 is 23.8 Å². The van der Waals surface area contributed by atoms with Crippen molar-refractivity contribution in [2.24, 2.45) is 0 Å². The molecule has 2 rings (SSSR count). The average Bonchev–Trinajstić information content (AvgIpc) is 2.82. The summed E-state index contributed by atoms with van der Waals surface area (Å²) in [5.74, 6) is -1.16. The van der Waals surface area contributed by atoms with Crippen LogP contribution in [0.2, 0.25) is 0 Å². The number of carbonyl (C=O) groups is 2. The van der Waals surface area contributed by atoms with Crippen LogP contribution >= 0.6 is 0 Å². The zero-order valence-corrected chi connectivity index (χ0v) is 13.7. The molecule has 1 aliphatic rings. The molecule has 1 aromatic carbocycles. The highest BCUT2D eigenvalue weighted by atomic mass is 19.1. The first-order valence-electron chi connectivity index (χ1n) is 7.91. The number of β-amino-alcohol motifs (C(OH)–C–C–N with tert-alkyl or cyclic N) is 1. The SMILES string of the molecule is CCC(CC)Oc1ccc(F)cc1NC1=CC(=O)N(CCO)C1=O. The summed E-state index contributed by atoms with van der Waals surface area (Å²) in [7, 11) is 0. The van der Waals surface area contributed by atoms with Crippen LogP contribution in [0.4, 0.5) is 10.1 Å². The molecule has 1 heterocycles. The van der Waals surface area contributed by atoms with Crippen molar-refractivity contribution in [3.8, 4) is 5.75 Å². The summed E-state index contributed by atoms with van der Waals surface area (Å²) in [5, 5.41) is 11.7. The van der Waals surface area contributed by atoms with Crippen molar-refractivity contribution in [1.82, 2.24) is 4.90 Å². The number of amides is 2. The van der Waals surface area contributed by atoms with Gasteiger partial charge in [0.2, 0.25) is 0 Å². The Hall–Kier alpha value is -2.41. The van der Waals surface area contributed by atoms with Crippen LogP contribution in [-0.2, 0) is 9.59 Å². The summed E-state index contributed by atoms with van der Waals surface area (Å²) in [5.41, 5.74) is 0.300. The molecule has 1 aliphatic heterocycles. The maximum Gasteiger partial charge on any atom is 0.277 e. The number of aliphatic hydroxyl groups excluding tert-OH is 1. The Kier molecular flexibility index (Phi) is 5.92. The van der Waals surface area contributed by atoms with E-state index in [1.807, 2.05) is 13.8 Å². The Labute approximate surface area is 139 Å². The van der Waals surface area contributed by atoms with Gasteiger partial charge in [-0.05, 0) is 25.0 Å². The van der Waals surface area contributed by atoms with Crippen LogP contribution in [0.3, 0.4) is 0 Å². The van der Waals surface area contributed by atoms with Gasteiger partial charge in [0.15, 0.2) is 0 Å². The molecule has 6 nitrogen and oxygen atoms in total. The van der Waals surface area contributed by atoms with Crippen LogP contribution in [-0.4, -0.2) is 41.1 Å². The number of hydrogen-bond donors (Lipinski definition) is 2. The molecule has 130 valence electrons. The Morgan fingerprint density at radius 1 is 1.29 bits per heavy atom. The van der Waals surface area contributed by atoms with Gasteiger partial charge in [-0.25, -0.2) is 4.39 Å². The highest BCUT2D eigenvalue weighted by Crippen LogP contribution is 2.29. The van der Waals surface area contributed by atoms with E-state index in [4.69, 9.17) is 9.84 Å². The maximum atomic E-state index is 13.6. The molecule has 2 N–H and O–H groups in total. The third kappa shape index (κ3) is 3.91. The minimum absolute atomic E-state index is 0.0217. The molecule has 0 aromatic heterocycles. The molecule has 2 amide bonds. The number of ether oxygens (including phenoxy) is 1. The monoisotopic (exact) mass is 336 g/mol. The largest absolute Gasteiger partial charge is 0.488 e. The lowest BCUT2D eigenvalue weighted by molar-refractivity contribution is -0.137. The molecular formula is C17H21FN2O4. The molecule has 24 heavy (non-hydrogen) atoms.